The summed E-state index contributed by atoms with van der Waals surface area (Å²) in [6, 6.07) is 8.88. The molecule has 1 saturated heterocycles. The summed E-state index contributed by atoms with van der Waals surface area (Å²) >= 11 is 0. The van der Waals surface area contributed by atoms with Gasteiger partial charge in [0.25, 0.3) is 0 Å². The lowest BCUT2D eigenvalue weighted by Gasteiger charge is -2.33. The molecule has 1 atom stereocenters. The zero-order valence-electron chi connectivity index (χ0n) is 18.0. The predicted molar refractivity (Wildman–Crippen MR) is 115 cm³/mol. The van der Waals surface area contributed by atoms with Crippen molar-refractivity contribution in [3.63, 3.8) is 0 Å². The molecule has 0 saturated carbocycles. The van der Waals surface area contributed by atoms with Crippen molar-refractivity contribution < 1.29 is 9.32 Å². The highest BCUT2D eigenvalue weighted by Gasteiger charge is 2.17. The Morgan fingerprint density at radius 3 is 2.79 bits per heavy atom. The van der Waals surface area contributed by atoms with Gasteiger partial charge in [0.05, 0.1) is 0 Å². The van der Waals surface area contributed by atoms with E-state index >= 15 is 0 Å². The van der Waals surface area contributed by atoms with E-state index in [1.807, 2.05) is 12.1 Å². The van der Waals surface area contributed by atoms with Gasteiger partial charge < -0.3 is 14.7 Å². The second-order valence-electron chi connectivity index (χ2n) is 8.37. The first-order chi connectivity index (χ1) is 14.0. The van der Waals surface area contributed by atoms with E-state index in [-0.39, 0.29) is 5.91 Å². The number of piperidine rings is 1. The third-order valence-corrected chi connectivity index (χ3v) is 5.75. The average molecular weight is 399 g/mol. The van der Waals surface area contributed by atoms with Gasteiger partial charge in [0.2, 0.25) is 17.6 Å². The molecule has 3 rings (SSSR count). The zero-order chi connectivity index (χ0) is 20.6. The Morgan fingerprint density at radius 1 is 1.28 bits per heavy atom. The summed E-state index contributed by atoms with van der Waals surface area (Å²) in [6.07, 6.45) is 5.76. The minimum Gasteiger partial charge on any atom is -0.356 e. The van der Waals surface area contributed by atoms with Crippen LogP contribution in [0.25, 0.3) is 11.4 Å². The van der Waals surface area contributed by atoms with Crippen molar-refractivity contribution in [3.05, 3.63) is 35.7 Å². The average Bonchev–Trinajstić information content (AvgIpc) is 3.20. The van der Waals surface area contributed by atoms with Gasteiger partial charge in [0, 0.05) is 37.5 Å². The van der Waals surface area contributed by atoms with Gasteiger partial charge in [-0.25, -0.2) is 0 Å². The maximum absolute atomic E-state index is 12.1. The van der Waals surface area contributed by atoms with Crippen LogP contribution >= 0.6 is 0 Å². The SMILES string of the molecule is CC(C)c1ccc(-c2noc(CCC(=O)NCCCN3CCCCC3C)n2)cc1. The number of hydrogen-bond donors (Lipinski definition) is 1. The number of hydrogen-bond acceptors (Lipinski definition) is 5. The second-order valence-corrected chi connectivity index (χ2v) is 8.37. The van der Waals surface area contributed by atoms with Crippen molar-refractivity contribution in [1.82, 2.24) is 20.4 Å². The number of amides is 1. The number of carbonyl (C=O) groups is 1. The van der Waals surface area contributed by atoms with Crippen LogP contribution in [0, 0.1) is 0 Å². The number of nitrogens with one attached hydrogen (secondary N) is 1. The quantitative estimate of drug-likeness (QED) is 0.642. The summed E-state index contributed by atoms with van der Waals surface area (Å²) in [5.74, 6) is 1.61. The molecular formula is C23H34N4O2. The van der Waals surface area contributed by atoms with Crippen LogP contribution in [0.5, 0.6) is 0 Å². The molecule has 2 heterocycles. The molecule has 1 amide bonds. The standard InChI is InChI=1S/C23H34N4O2/c1-17(2)19-8-10-20(11-9-19)23-25-22(29-26-23)13-12-21(28)24-14-6-16-27-15-5-4-7-18(27)3/h8-11,17-18H,4-7,12-16H2,1-3H3,(H,24,28). The maximum atomic E-state index is 12.1. The van der Waals surface area contributed by atoms with E-state index in [1.54, 1.807) is 0 Å². The summed E-state index contributed by atoms with van der Waals surface area (Å²) < 4.78 is 5.32. The van der Waals surface area contributed by atoms with Crippen molar-refractivity contribution in [2.45, 2.75) is 71.3 Å². The van der Waals surface area contributed by atoms with Crippen molar-refractivity contribution in [2.24, 2.45) is 0 Å². The van der Waals surface area contributed by atoms with E-state index in [0.29, 0.717) is 36.5 Å². The Balaban J connectivity index is 1.37. The molecule has 2 aromatic rings. The topological polar surface area (TPSA) is 71.3 Å². The molecule has 0 aliphatic carbocycles. The summed E-state index contributed by atoms with van der Waals surface area (Å²) in [7, 11) is 0. The Hall–Kier alpha value is -2.21. The largest absolute Gasteiger partial charge is 0.356 e. The number of aryl methyl sites for hydroxylation is 1. The molecule has 158 valence electrons. The number of nitrogens with zero attached hydrogens (tertiary/aromatic N) is 3. The van der Waals surface area contributed by atoms with Crippen LogP contribution in [0.3, 0.4) is 0 Å². The fraction of sp³-hybridized carbons (Fsp3) is 0.609. The number of carbonyl (C=O) groups excluding carboxylic acids is 1. The van der Waals surface area contributed by atoms with Crippen LogP contribution in [0.1, 0.15) is 70.2 Å². The lowest BCUT2D eigenvalue weighted by molar-refractivity contribution is -0.121. The Kier molecular flexibility index (Phi) is 7.81. The molecule has 1 aliphatic rings. The summed E-state index contributed by atoms with van der Waals surface area (Å²) in [6.45, 7) is 9.61. The van der Waals surface area contributed by atoms with Gasteiger partial charge in [-0.05, 0) is 44.2 Å². The summed E-state index contributed by atoms with van der Waals surface area (Å²) in [5.41, 5.74) is 2.21. The van der Waals surface area contributed by atoms with Gasteiger partial charge in [-0.2, -0.15) is 4.98 Å². The summed E-state index contributed by atoms with van der Waals surface area (Å²) in [5, 5.41) is 7.06. The van der Waals surface area contributed by atoms with Crippen LogP contribution < -0.4 is 5.32 Å². The molecule has 0 spiro atoms. The maximum Gasteiger partial charge on any atom is 0.227 e. The van der Waals surface area contributed by atoms with E-state index < -0.39 is 0 Å². The Bertz CT molecular complexity index is 769. The van der Waals surface area contributed by atoms with E-state index in [2.05, 4.69) is 53.3 Å². The van der Waals surface area contributed by atoms with Gasteiger partial charge >= 0.3 is 0 Å². The van der Waals surface area contributed by atoms with Crippen molar-refractivity contribution >= 4 is 5.91 Å². The molecule has 6 nitrogen and oxygen atoms in total. The minimum atomic E-state index is 0.0396. The lowest BCUT2D eigenvalue weighted by Crippen LogP contribution is -2.39. The van der Waals surface area contributed by atoms with Gasteiger partial charge in [0.15, 0.2) is 0 Å². The second kappa shape index (κ2) is 10.5. The molecule has 1 unspecified atom stereocenters. The fourth-order valence-corrected chi connectivity index (χ4v) is 3.80. The summed E-state index contributed by atoms with van der Waals surface area (Å²) in [4.78, 5) is 19.1. The van der Waals surface area contributed by atoms with Crippen LogP contribution in [0.15, 0.2) is 28.8 Å². The monoisotopic (exact) mass is 398 g/mol. The lowest BCUT2D eigenvalue weighted by atomic mass is 10.0. The highest BCUT2D eigenvalue weighted by molar-refractivity contribution is 5.76. The first-order valence-electron chi connectivity index (χ1n) is 11.0. The fourth-order valence-electron chi connectivity index (χ4n) is 3.80. The molecule has 1 N–H and O–H groups in total. The third kappa shape index (κ3) is 6.39. The van der Waals surface area contributed by atoms with Gasteiger partial charge in [0.1, 0.15) is 0 Å². The minimum absolute atomic E-state index is 0.0396. The van der Waals surface area contributed by atoms with Crippen molar-refractivity contribution in [3.8, 4) is 11.4 Å². The molecule has 6 heteroatoms. The van der Waals surface area contributed by atoms with Gasteiger partial charge in [-0.15, -0.1) is 0 Å². The molecule has 1 aromatic heterocycles. The smallest absolute Gasteiger partial charge is 0.227 e. The molecule has 0 radical (unpaired) electrons. The predicted octanol–water partition coefficient (Wildman–Crippen LogP) is 4.17. The number of benzene rings is 1. The normalized spacial score (nSPS) is 17.6. The van der Waals surface area contributed by atoms with Crippen LogP contribution in [-0.2, 0) is 11.2 Å². The number of aromatic nitrogens is 2. The van der Waals surface area contributed by atoms with E-state index in [0.717, 1.165) is 25.1 Å². The van der Waals surface area contributed by atoms with E-state index in [1.165, 1.54) is 31.4 Å². The zero-order valence-corrected chi connectivity index (χ0v) is 18.0. The Labute approximate surface area is 174 Å². The Morgan fingerprint density at radius 2 is 2.07 bits per heavy atom. The first kappa shape index (κ1) is 21.5. The van der Waals surface area contributed by atoms with Gasteiger partial charge in [-0.3, -0.25) is 4.79 Å². The van der Waals surface area contributed by atoms with Crippen molar-refractivity contribution in [2.75, 3.05) is 19.6 Å². The molecule has 29 heavy (non-hydrogen) atoms. The molecule has 1 aliphatic heterocycles. The molecule has 1 aromatic carbocycles. The van der Waals surface area contributed by atoms with E-state index in [9.17, 15) is 4.79 Å². The van der Waals surface area contributed by atoms with Crippen LogP contribution in [0.4, 0.5) is 0 Å². The third-order valence-electron chi connectivity index (χ3n) is 5.75. The van der Waals surface area contributed by atoms with Crippen molar-refractivity contribution in [1.29, 1.82) is 0 Å². The number of rotatable bonds is 9. The molecular weight excluding hydrogens is 364 g/mol. The van der Waals surface area contributed by atoms with Crippen LogP contribution in [0.2, 0.25) is 0 Å². The van der Waals surface area contributed by atoms with Gasteiger partial charge in [-0.1, -0.05) is 49.7 Å². The molecule has 0 bridgehead atoms. The highest BCUT2D eigenvalue weighted by Crippen LogP contribution is 2.21. The molecule has 1 fully saturated rings. The van der Waals surface area contributed by atoms with E-state index in [4.69, 9.17) is 4.52 Å². The van der Waals surface area contributed by atoms with Crippen LogP contribution in [-0.4, -0.2) is 46.6 Å². The number of likely N-dealkylation sites (tertiary alicyclic amines) is 1. The first-order valence-corrected chi connectivity index (χ1v) is 11.0. The highest BCUT2D eigenvalue weighted by atomic mass is 16.5.